The summed E-state index contributed by atoms with van der Waals surface area (Å²) in [7, 11) is -1.43. The predicted octanol–water partition coefficient (Wildman–Crippen LogP) is 16.5. The van der Waals surface area contributed by atoms with Gasteiger partial charge in [-0.3, -0.25) is 0 Å². The summed E-state index contributed by atoms with van der Waals surface area (Å²) < 4.78 is 21.2. The summed E-state index contributed by atoms with van der Waals surface area (Å²) in [6, 6.07) is 62.3. The summed E-state index contributed by atoms with van der Waals surface area (Å²) in [6.45, 7) is 0. The van der Waals surface area contributed by atoms with Crippen LogP contribution in [0, 0.1) is 0 Å². The van der Waals surface area contributed by atoms with Gasteiger partial charge >= 0.3 is 7.32 Å². The Bertz CT molecular complexity index is 3420. The van der Waals surface area contributed by atoms with Gasteiger partial charge in [0.25, 0.3) is 0 Å². The Hall–Kier alpha value is -6.69. The molecule has 0 saturated carbocycles. The highest BCUT2D eigenvalue weighted by atomic mass is 35.5. The number of benzene rings is 12. The van der Waals surface area contributed by atoms with Crippen LogP contribution in [0.4, 0.5) is 0 Å². The minimum absolute atomic E-state index is 0.396. The van der Waals surface area contributed by atoms with Gasteiger partial charge in [-0.15, -0.1) is 0 Å². The minimum atomic E-state index is -1.43. The molecule has 0 radical (unpaired) electrons. The molecule has 0 atom stereocenters. The zero-order valence-corrected chi connectivity index (χ0v) is 34.5. The maximum absolute atomic E-state index is 7.20. The lowest BCUT2D eigenvalue weighted by Crippen LogP contribution is -2.37. The summed E-state index contributed by atoms with van der Waals surface area (Å²) in [5, 5.41) is 19.3. The molecule has 0 heterocycles. The van der Waals surface area contributed by atoms with E-state index in [-0.39, 0.29) is 0 Å². The topological polar surface area (TPSA) is 27.7 Å². The molecule has 0 aliphatic rings. The third-order valence-corrected chi connectivity index (χ3v) is 12.8. The van der Waals surface area contributed by atoms with Crippen molar-refractivity contribution < 1.29 is 14.0 Å². The van der Waals surface area contributed by atoms with Crippen molar-refractivity contribution in [1.29, 1.82) is 0 Å². The molecule has 0 N–H and O–H groups in total. The standard InChI is InChI=1S/C54H30BCl3O3/c56-46-22-19-31-13-16-40-25-34-7-1-4-10-37(34)28-43(40)49(31)52(46)59-55(60-53-47(57)23-20-32-14-17-41-26-35-8-2-5-11-38(35)29-44(41)50(32)53)61-54-48(58)24-21-33-15-18-42-27-36-9-3-6-12-39(36)30-45(42)51(33)54/h1-30H. The molecule has 0 saturated heterocycles. The lowest BCUT2D eigenvalue weighted by Gasteiger charge is -2.22. The molecule has 0 spiro atoms. The highest BCUT2D eigenvalue weighted by Gasteiger charge is 2.36. The Balaban J connectivity index is 1.10. The molecule has 3 nitrogen and oxygen atoms in total. The van der Waals surface area contributed by atoms with Crippen molar-refractivity contribution in [1.82, 2.24) is 0 Å². The highest BCUT2D eigenvalue weighted by Crippen LogP contribution is 2.45. The summed E-state index contributed by atoms with van der Waals surface area (Å²) >= 11 is 21.6. The number of hydrogen-bond acceptors (Lipinski definition) is 3. The van der Waals surface area contributed by atoms with Crippen molar-refractivity contribution in [3.05, 3.63) is 197 Å². The Kier molecular flexibility index (Phi) is 8.43. The molecule has 0 bridgehead atoms. The van der Waals surface area contributed by atoms with Crippen molar-refractivity contribution in [2.45, 2.75) is 0 Å². The van der Waals surface area contributed by atoms with Crippen molar-refractivity contribution in [3.63, 3.8) is 0 Å². The van der Waals surface area contributed by atoms with Crippen LogP contribution in [0.5, 0.6) is 17.2 Å². The van der Waals surface area contributed by atoms with Gasteiger partial charge in [-0.2, -0.15) is 0 Å². The maximum Gasteiger partial charge on any atom is 0.864 e. The number of rotatable bonds is 6. The second-order valence-electron chi connectivity index (χ2n) is 15.5. The molecule has 12 rings (SSSR count). The first-order valence-electron chi connectivity index (χ1n) is 20.0. The third-order valence-electron chi connectivity index (χ3n) is 12.0. The summed E-state index contributed by atoms with van der Waals surface area (Å²) in [6.07, 6.45) is 0. The molecule has 288 valence electrons. The van der Waals surface area contributed by atoms with Crippen molar-refractivity contribution >= 4 is 139 Å². The molecular formula is C54H30BCl3O3. The zero-order valence-electron chi connectivity index (χ0n) is 32.3. The fourth-order valence-electron chi connectivity index (χ4n) is 9.05. The van der Waals surface area contributed by atoms with Crippen LogP contribution in [-0.2, 0) is 0 Å². The maximum atomic E-state index is 7.20. The van der Waals surface area contributed by atoms with Crippen molar-refractivity contribution in [2.75, 3.05) is 0 Å². The van der Waals surface area contributed by atoms with Crippen LogP contribution in [0.1, 0.15) is 0 Å². The van der Waals surface area contributed by atoms with Gasteiger partial charge < -0.3 is 14.0 Å². The molecule has 12 aromatic rings. The molecule has 0 unspecified atom stereocenters. The molecule has 0 fully saturated rings. The largest absolute Gasteiger partial charge is 0.864 e. The van der Waals surface area contributed by atoms with E-state index in [1.165, 1.54) is 0 Å². The molecule has 0 aliphatic carbocycles. The quantitative estimate of drug-likeness (QED) is 0.0948. The molecule has 0 aromatic heterocycles. The van der Waals surface area contributed by atoms with Crippen LogP contribution in [-0.4, -0.2) is 7.32 Å². The Morgan fingerprint density at radius 3 is 0.803 bits per heavy atom. The van der Waals surface area contributed by atoms with Crippen LogP contribution < -0.4 is 14.0 Å². The summed E-state index contributed by atoms with van der Waals surface area (Å²) in [4.78, 5) is 0. The smallest absolute Gasteiger partial charge is 0.488 e. The summed E-state index contributed by atoms with van der Waals surface area (Å²) in [5.41, 5.74) is 0. The van der Waals surface area contributed by atoms with Crippen molar-refractivity contribution in [3.8, 4) is 17.2 Å². The van der Waals surface area contributed by atoms with E-state index in [0.29, 0.717) is 32.3 Å². The van der Waals surface area contributed by atoms with Gasteiger partial charge in [0.05, 0.1) is 15.1 Å². The van der Waals surface area contributed by atoms with Gasteiger partial charge in [-0.05, 0) is 135 Å². The fourth-order valence-corrected chi connectivity index (χ4v) is 9.66. The van der Waals surface area contributed by atoms with E-state index >= 15 is 0 Å². The van der Waals surface area contributed by atoms with Crippen LogP contribution in [0.3, 0.4) is 0 Å². The van der Waals surface area contributed by atoms with Gasteiger partial charge in [0.2, 0.25) is 0 Å². The van der Waals surface area contributed by atoms with Gasteiger partial charge in [0.15, 0.2) is 0 Å². The number of fused-ring (bicyclic) bond motifs is 12. The van der Waals surface area contributed by atoms with E-state index in [1.807, 2.05) is 72.8 Å². The lowest BCUT2D eigenvalue weighted by atomic mass is 9.96. The molecule has 7 heteroatoms. The fraction of sp³-hybridized carbons (Fsp3) is 0. The van der Waals surface area contributed by atoms with Gasteiger partial charge in [-0.25, -0.2) is 0 Å². The molecule has 12 aromatic carbocycles. The van der Waals surface area contributed by atoms with E-state index in [0.717, 1.165) is 97.0 Å². The Morgan fingerprint density at radius 2 is 0.508 bits per heavy atom. The first-order valence-corrected chi connectivity index (χ1v) is 21.2. The van der Waals surface area contributed by atoms with E-state index in [2.05, 4.69) is 109 Å². The summed E-state index contributed by atoms with van der Waals surface area (Å²) in [5.74, 6) is 1.22. The van der Waals surface area contributed by atoms with Crippen LogP contribution in [0.25, 0.3) is 97.0 Å². The molecular weight excluding hydrogens is 814 g/mol. The molecule has 61 heavy (non-hydrogen) atoms. The lowest BCUT2D eigenvalue weighted by molar-refractivity contribution is 0.312. The van der Waals surface area contributed by atoms with Crippen molar-refractivity contribution in [2.24, 2.45) is 0 Å². The highest BCUT2D eigenvalue weighted by molar-refractivity contribution is 6.45. The zero-order chi connectivity index (χ0) is 40.8. The third kappa shape index (κ3) is 6.05. The van der Waals surface area contributed by atoms with E-state index < -0.39 is 7.32 Å². The second-order valence-corrected chi connectivity index (χ2v) is 16.7. The monoisotopic (exact) mass is 842 g/mol. The van der Waals surface area contributed by atoms with Gasteiger partial charge in [0.1, 0.15) is 17.2 Å². The average Bonchev–Trinajstić information content (AvgIpc) is 3.29. The first-order chi connectivity index (χ1) is 29.9. The molecule has 0 aliphatic heterocycles. The average molecular weight is 844 g/mol. The first kappa shape index (κ1) is 36.2. The molecule has 0 amide bonds. The van der Waals surface area contributed by atoms with Crippen LogP contribution >= 0.6 is 34.8 Å². The van der Waals surface area contributed by atoms with E-state index in [4.69, 9.17) is 48.8 Å². The Labute approximate surface area is 365 Å². The van der Waals surface area contributed by atoms with Crippen LogP contribution in [0.15, 0.2) is 182 Å². The van der Waals surface area contributed by atoms with E-state index in [9.17, 15) is 0 Å². The number of hydrogen-bond donors (Lipinski definition) is 0. The van der Waals surface area contributed by atoms with E-state index in [1.54, 1.807) is 0 Å². The number of halogens is 3. The second kappa shape index (κ2) is 14.2. The van der Waals surface area contributed by atoms with Gasteiger partial charge in [0, 0.05) is 16.2 Å². The Morgan fingerprint density at radius 1 is 0.262 bits per heavy atom. The normalized spacial score (nSPS) is 11.9. The SMILES string of the molecule is Clc1ccc2ccc3cc4ccccc4cc3c2c1OB(Oc1c(Cl)ccc2ccc3cc4ccccc4cc3c12)Oc1c(Cl)ccc2ccc3cc4ccccc4cc3c12. The van der Waals surface area contributed by atoms with Crippen LogP contribution in [0.2, 0.25) is 15.1 Å². The predicted molar refractivity (Wildman–Crippen MR) is 260 cm³/mol. The minimum Gasteiger partial charge on any atom is -0.488 e. The van der Waals surface area contributed by atoms with Gasteiger partial charge in [-0.1, -0.05) is 162 Å².